The van der Waals surface area contributed by atoms with Gasteiger partial charge in [-0.3, -0.25) is 0 Å². The number of esters is 1. The molecule has 1 saturated heterocycles. The fourth-order valence-electron chi connectivity index (χ4n) is 3.91. The number of hydrogen-bond acceptors (Lipinski definition) is 5. The number of benzene rings is 2. The van der Waals surface area contributed by atoms with Gasteiger partial charge < -0.3 is 19.7 Å². The van der Waals surface area contributed by atoms with Gasteiger partial charge in [0.2, 0.25) is 0 Å². The Morgan fingerprint density at radius 1 is 1.25 bits per heavy atom. The molecule has 0 bridgehead atoms. The first kappa shape index (κ1) is 24.1. The lowest BCUT2D eigenvalue weighted by Gasteiger charge is -2.33. The van der Waals surface area contributed by atoms with E-state index in [9.17, 15) is 18.0 Å². The second kappa shape index (κ2) is 10.4. The topological polar surface area (TPSA) is 50.8 Å². The molecule has 5 nitrogen and oxygen atoms in total. The van der Waals surface area contributed by atoms with E-state index in [0.29, 0.717) is 26.1 Å². The average molecular weight is 451 g/mol. The standard InChI is InChI=1S/C24H29F3N2O3/c1-4-5-13-31-20-14-18(19-15-29(3)12-11-28-19)22(24(25,26)27)16(2)21(20)23(30)32-17-9-7-6-8-10-17/h6-10,14,19,28H,4-5,11-13,15H2,1-3H3. The lowest BCUT2D eigenvalue weighted by Crippen LogP contribution is -2.44. The van der Waals surface area contributed by atoms with Gasteiger partial charge in [-0.15, -0.1) is 0 Å². The largest absolute Gasteiger partial charge is 0.493 e. The fourth-order valence-corrected chi connectivity index (χ4v) is 3.91. The van der Waals surface area contributed by atoms with Gasteiger partial charge in [0.1, 0.15) is 17.1 Å². The Morgan fingerprint density at radius 2 is 1.97 bits per heavy atom. The molecule has 2 aromatic rings. The van der Waals surface area contributed by atoms with Gasteiger partial charge in [0.05, 0.1) is 12.2 Å². The zero-order valence-electron chi connectivity index (χ0n) is 18.6. The third-order valence-electron chi connectivity index (χ3n) is 5.52. The first-order valence-corrected chi connectivity index (χ1v) is 10.8. The van der Waals surface area contributed by atoms with Crippen LogP contribution in [-0.4, -0.2) is 44.2 Å². The highest BCUT2D eigenvalue weighted by Gasteiger charge is 2.41. The molecule has 174 valence electrons. The molecular formula is C24H29F3N2O3. The van der Waals surface area contributed by atoms with Crippen molar-refractivity contribution >= 4 is 5.97 Å². The van der Waals surface area contributed by atoms with Gasteiger partial charge in [-0.05, 0) is 49.7 Å². The summed E-state index contributed by atoms with van der Waals surface area (Å²) < 4.78 is 53.9. The van der Waals surface area contributed by atoms with Crippen molar-refractivity contribution in [1.29, 1.82) is 0 Å². The van der Waals surface area contributed by atoms with Crippen LogP contribution in [0, 0.1) is 6.92 Å². The molecule has 1 aliphatic rings. The van der Waals surface area contributed by atoms with Gasteiger partial charge in [-0.25, -0.2) is 4.79 Å². The van der Waals surface area contributed by atoms with E-state index in [2.05, 4.69) is 5.32 Å². The van der Waals surface area contributed by atoms with Crippen molar-refractivity contribution in [3.05, 3.63) is 58.7 Å². The van der Waals surface area contributed by atoms with Crippen LogP contribution >= 0.6 is 0 Å². The molecule has 0 saturated carbocycles. The zero-order chi connectivity index (χ0) is 23.3. The van der Waals surface area contributed by atoms with Crippen LogP contribution in [0.25, 0.3) is 0 Å². The molecule has 0 radical (unpaired) electrons. The van der Waals surface area contributed by atoms with E-state index in [-0.39, 0.29) is 28.2 Å². The van der Waals surface area contributed by atoms with Crippen LogP contribution in [0.5, 0.6) is 11.5 Å². The maximum Gasteiger partial charge on any atom is 0.417 e. The van der Waals surface area contributed by atoms with Crippen molar-refractivity contribution in [3.8, 4) is 11.5 Å². The van der Waals surface area contributed by atoms with Crippen LogP contribution in [0.2, 0.25) is 0 Å². The smallest absolute Gasteiger partial charge is 0.417 e. The molecule has 1 N–H and O–H groups in total. The van der Waals surface area contributed by atoms with Crippen LogP contribution in [0.15, 0.2) is 36.4 Å². The molecule has 1 unspecified atom stereocenters. The first-order valence-electron chi connectivity index (χ1n) is 10.8. The minimum Gasteiger partial charge on any atom is -0.493 e. The third-order valence-corrected chi connectivity index (χ3v) is 5.52. The number of halogens is 3. The molecule has 1 heterocycles. The summed E-state index contributed by atoms with van der Waals surface area (Å²) >= 11 is 0. The third kappa shape index (κ3) is 5.61. The molecule has 0 aliphatic carbocycles. The predicted octanol–water partition coefficient (Wildman–Crippen LogP) is 4.99. The number of ether oxygens (including phenoxy) is 2. The predicted molar refractivity (Wildman–Crippen MR) is 116 cm³/mol. The van der Waals surface area contributed by atoms with Crippen LogP contribution in [0.1, 0.15) is 52.9 Å². The van der Waals surface area contributed by atoms with E-state index in [1.54, 1.807) is 30.3 Å². The maximum atomic E-state index is 14.2. The van der Waals surface area contributed by atoms with Crippen molar-refractivity contribution < 1.29 is 27.4 Å². The molecule has 1 atom stereocenters. The lowest BCUT2D eigenvalue weighted by molar-refractivity contribution is -0.139. The minimum atomic E-state index is -4.64. The molecule has 32 heavy (non-hydrogen) atoms. The average Bonchev–Trinajstić information content (AvgIpc) is 2.73. The SMILES string of the molecule is CCCCOc1cc(C2CN(C)CCN2)c(C(F)(F)F)c(C)c1C(=O)Oc1ccccc1. The minimum absolute atomic E-state index is 0.0873. The number of piperazine rings is 1. The number of nitrogens with one attached hydrogen (secondary N) is 1. The number of carbonyl (C=O) groups is 1. The van der Waals surface area contributed by atoms with E-state index >= 15 is 0 Å². The van der Waals surface area contributed by atoms with Gasteiger partial charge in [-0.1, -0.05) is 31.5 Å². The number of carbonyl (C=O) groups excluding carboxylic acids is 1. The van der Waals surface area contributed by atoms with E-state index in [1.165, 1.54) is 13.0 Å². The monoisotopic (exact) mass is 450 g/mol. The number of unbranched alkanes of at least 4 members (excludes halogenated alkanes) is 1. The highest BCUT2D eigenvalue weighted by Crippen LogP contribution is 2.42. The van der Waals surface area contributed by atoms with E-state index in [4.69, 9.17) is 9.47 Å². The Labute approximate surface area is 186 Å². The number of alkyl halides is 3. The molecule has 8 heteroatoms. The number of nitrogens with zero attached hydrogens (tertiary/aromatic N) is 1. The molecule has 0 aromatic heterocycles. The Kier molecular flexibility index (Phi) is 7.79. The van der Waals surface area contributed by atoms with Crippen LogP contribution in [0.4, 0.5) is 13.2 Å². The second-order valence-electron chi connectivity index (χ2n) is 8.01. The Bertz CT molecular complexity index is 932. The van der Waals surface area contributed by atoms with Gasteiger partial charge in [0.25, 0.3) is 0 Å². The molecule has 0 spiro atoms. The second-order valence-corrected chi connectivity index (χ2v) is 8.01. The van der Waals surface area contributed by atoms with Crippen molar-refractivity contribution in [2.45, 2.75) is 38.9 Å². The number of hydrogen-bond donors (Lipinski definition) is 1. The van der Waals surface area contributed by atoms with Gasteiger partial charge >= 0.3 is 12.1 Å². The van der Waals surface area contributed by atoms with E-state index in [0.717, 1.165) is 13.0 Å². The molecule has 3 rings (SSSR count). The van der Waals surface area contributed by atoms with Crippen molar-refractivity contribution in [2.24, 2.45) is 0 Å². The quantitative estimate of drug-likeness (QED) is 0.366. The van der Waals surface area contributed by atoms with Gasteiger partial charge in [0, 0.05) is 25.7 Å². The normalized spacial score (nSPS) is 17.2. The number of likely N-dealkylation sites (N-methyl/N-ethyl adjacent to an activating group) is 1. The summed E-state index contributed by atoms with van der Waals surface area (Å²) in [7, 11) is 1.87. The number of rotatable bonds is 7. The van der Waals surface area contributed by atoms with Crippen LogP contribution < -0.4 is 14.8 Å². The first-order chi connectivity index (χ1) is 15.2. The van der Waals surface area contributed by atoms with Crippen LogP contribution in [0.3, 0.4) is 0 Å². The summed E-state index contributed by atoms with van der Waals surface area (Å²) in [4.78, 5) is 15.0. The molecule has 0 amide bonds. The molecular weight excluding hydrogens is 421 g/mol. The summed E-state index contributed by atoms with van der Waals surface area (Å²) in [5, 5.41) is 3.18. The summed E-state index contributed by atoms with van der Waals surface area (Å²) in [6, 6.07) is 9.11. The van der Waals surface area contributed by atoms with Crippen molar-refractivity contribution in [2.75, 3.05) is 33.3 Å². The van der Waals surface area contributed by atoms with E-state index in [1.807, 2.05) is 18.9 Å². The van der Waals surface area contributed by atoms with Crippen molar-refractivity contribution in [3.63, 3.8) is 0 Å². The summed E-state index contributed by atoms with van der Waals surface area (Å²) in [6.45, 7) is 5.33. The van der Waals surface area contributed by atoms with E-state index < -0.39 is 23.8 Å². The van der Waals surface area contributed by atoms with Gasteiger partial charge in [0.15, 0.2) is 0 Å². The molecule has 2 aromatic carbocycles. The Balaban J connectivity index is 2.12. The summed E-state index contributed by atoms with van der Waals surface area (Å²) in [5.74, 6) is -0.495. The highest BCUT2D eigenvalue weighted by molar-refractivity contribution is 5.96. The molecule has 1 aliphatic heterocycles. The highest BCUT2D eigenvalue weighted by atomic mass is 19.4. The van der Waals surface area contributed by atoms with Crippen LogP contribution in [-0.2, 0) is 6.18 Å². The maximum absolute atomic E-state index is 14.2. The summed E-state index contributed by atoms with van der Waals surface area (Å²) in [5.41, 5.74) is -1.10. The summed E-state index contributed by atoms with van der Waals surface area (Å²) in [6.07, 6.45) is -3.07. The number of para-hydroxylation sites is 1. The Morgan fingerprint density at radius 3 is 2.59 bits per heavy atom. The fraction of sp³-hybridized carbons (Fsp3) is 0.458. The lowest BCUT2D eigenvalue weighted by atomic mass is 9.90. The molecule has 1 fully saturated rings. The van der Waals surface area contributed by atoms with Gasteiger partial charge in [-0.2, -0.15) is 13.2 Å². The van der Waals surface area contributed by atoms with Crippen molar-refractivity contribution in [1.82, 2.24) is 10.2 Å². The zero-order valence-corrected chi connectivity index (χ0v) is 18.6. The Hall–Kier alpha value is -2.58.